The van der Waals surface area contributed by atoms with Crippen molar-refractivity contribution in [3.05, 3.63) is 59.4 Å². The van der Waals surface area contributed by atoms with Gasteiger partial charge in [-0.25, -0.2) is 0 Å². The SMILES string of the molecule is Cc1ccc(-c2cc(C(=O)NC(C)CO)cc(-n3nnnc3C(F)(F)F)c2)cc1. The number of halogens is 3. The average Bonchev–Trinajstić information content (AvgIpc) is 3.18. The second kappa shape index (κ2) is 8.00. The minimum atomic E-state index is -4.77. The summed E-state index contributed by atoms with van der Waals surface area (Å²) < 4.78 is 40.3. The number of amides is 1. The van der Waals surface area contributed by atoms with Gasteiger partial charge < -0.3 is 10.4 Å². The van der Waals surface area contributed by atoms with Gasteiger partial charge in [0, 0.05) is 11.6 Å². The Bertz CT molecular complexity index is 1020. The summed E-state index contributed by atoms with van der Waals surface area (Å²) in [6.07, 6.45) is -4.77. The Morgan fingerprint density at radius 2 is 1.86 bits per heavy atom. The molecule has 0 bridgehead atoms. The van der Waals surface area contributed by atoms with Gasteiger partial charge in [0.15, 0.2) is 0 Å². The Morgan fingerprint density at radius 3 is 2.48 bits per heavy atom. The molecular weight excluding hydrogens is 387 g/mol. The zero-order valence-corrected chi connectivity index (χ0v) is 15.6. The van der Waals surface area contributed by atoms with Gasteiger partial charge in [0.2, 0.25) is 0 Å². The normalized spacial score (nSPS) is 12.6. The highest BCUT2D eigenvalue weighted by molar-refractivity contribution is 5.96. The number of nitrogens with zero attached hydrogens (tertiary/aromatic N) is 4. The minimum absolute atomic E-state index is 0.0119. The molecule has 7 nitrogen and oxygen atoms in total. The van der Waals surface area contributed by atoms with Crippen LogP contribution in [0.2, 0.25) is 0 Å². The van der Waals surface area contributed by atoms with Crippen LogP contribution in [-0.2, 0) is 6.18 Å². The van der Waals surface area contributed by atoms with Crippen LogP contribution < -0.4 is 5.32 Å². The third kappa shape index (κ3) is 4.60. The molecule has 3 aromatic rings. The first kappa shape index (κ1) is 20.5. The van der Waals surface area contributed by atoms with Gasteiger partial charge in [-0.15, -0.1) is 5.10 Å². The summed E-state index contributed by atoms with van der Waals surface area (Å²) in [6, 6.07) is 11.1. The Kier molecular flexibility index (Phi) is 5.64. The topological polar surface area (TPSA) is 92.9 Å². The molecule has 0 aliphatic carbocycles. The van der Waals surface area contributed by atoms with Crippen LogP contribution in [0.1, 0.15) is 28.7 Å². The van der Waals surface area contributed by atoms with E-state index in [1.54, 1.807) is 25.1 Å². The van der Waals surface area contributed by atoms with Crippen molar-refractivity contribution in [3.8, 4) is 16.8 Å². The highest BCUT2D eigenvalue weighted by Crippen LogP contribution is 2.30. The first-order chi connectivity index (χ1) is 13.7. The van der Waals surface area contributed by atoms with Crippen molar-refractivity contribution in [1.82, 2.24) is 25.5 Å². The molecule has 0 fully saturated rings. The zero-order valence-electron chi connectivity index (χ0n) is 15.6. The summed E-state index contributed by atoms with van der Waals surface area (Å²) in [4.78, 5) is 12.5. The van der Waals surface area contributed by atoms with Crippen molar-refractivity contribution in [2.75, 3.05) is 6.61 Å². The van der Waals surface area contributed by atoms with Gasteiger partial charge in [0.05, 0.1) is 12.3 Å². The Hall–Kier alpha value is -3.27. The number of aryl methyl sites for hydroxylation is 1. The second-order valence-electron chi connectivity index (χ2n) is 6.60. The lowest BCUT2D eigenvalue weighted by Gasteiger charge is -2.14. The second-order valence-corrected chi connectivity index (χ2v) is 6.60. The molecule has 0 saturated carbocycles. The predicted octanol–water partition coefficient (Wildman–Crippen LogP) is 2.77. The van der Waals surface area contributed by atoms with Crippen LogP contribution in [0.5, 0.6) is 0 Å². The molecule has 1 amide bonds. The zero-order chi connectivity index (χ0) is 21.2. The van der Waals surface area contributed by atoms with Crippen molar-refractivity contribution in [2.45, 2.75) is 26.1 Å². The van der Waals surface area contributed by atoms with E-state index in [4.69, 9.17) is 5.11 Å². The van der Waals surface area contributed by atoms with Crippen molar-refractivity contribution in [1.29, 1.82) is 0 Å². The summed E-state index contributed by atoms with van der Waals surface area (Å²) in [5.74, 6) is -1.84. The van der Waals surface area contributed by atoms with Gasteiger partial charge in [0.25, 0.3) is 11.7 Å². The summed E-state index contributed by atoms with van der Waals surface area (Å²) >= 11 is 0. The molecule has 3 rings (SSSR count). The smallest absolute Gasteiger partial charge is 0.394 e. The van der Waals surface area contributed by atoms with Crippen molar-refractivity contribution in [2.24, 2.45) is 0 Å². The monoisotopic (exact) mass is 405 g/mol. The number of nitrogens with one attached hydrogen (secondary N) is 1. The van der Waals surface area contributed by atoms with E-state index in [0.29, 0.717) is 15.8 Å². The number of carbonyl (C=O) groups is 1. The third-order valence-electron chi connectivity index (χ3n) is 4.18. The first-order valence-electron chi connectivity index (χ1n) is 8.69. The summed E-state index contributed by atoms with van der Waals surface area (Å²) in [5, 5.41) is 21.4. The number of carbonyl (C=O) groups excluding carboxylic acids is 1. The number of benzene rings is 2. The highest BCUT2D eigenvalue weighted by Gasteiger charge is 2.38. The molecule has 10 heteroatoms. The van der Waals surface area contributed by atoms with Crippen LogP contribution in [0.3, 0.4) is 0 Å². The van der Waals surface area contributed by atoms with E-state index in [1.807, 2.05) is 19.1 Å². The molecule has 1 atom stereocenters. The molecule has 2 aromatic carbocycles. The summed E-state index contributed by atoms with van der Waals surface area (Å²) in [7, 11) is 0. The van der Waals surface area contributed by atoms with Gasteiger partial charge in [0.1, 0.15) is 0 Å². The molecule has 152 valence electrons. The number of alkyl halides is 3. The van der Waals surface area contributed by atoms with Gasteiger partial charge in [-0.05, 0) is 53.6 Å². The first-order valence-corrected chi connectivity index (χ1v) is 8.69. The van der Waals surface area contributed by atoms with Crippen LogP contribution >= 0.6 is 0 Å². The van der Waals surface area contributed by atoms with Crippen LogP contribution in [0.15, 0.2) is 42.5 Å². The van der Waals surface area contributed by atoms with Crippen LogP contribution in [0.25, 0.3) is 16.8 Å². The molecule has 2 N–H and O–H groups in total. The number of aliphatic hydroxyl groups excluding tert-OH is 1. The third-order valence-corrected chi connectivity index (χ3v) is 4.18. The summed E-state index contributed by atoms with van der Waals surface area (Å²) in [5.41, 5.74) is 2.35. The Balaban J connectivity index is 2.14. The van der Waals surface area contributed by atoms with Crippen molar-refractivity contribution in [3.63, 3.8) is 0 Å². The van der Waals surface area contributed by atoms with E-state index >= 15 is 0 Å². The van der Waals surface area contributed by atoms with E-state index in [-0.39, 0.29) is 17.9 Å². The summed E-state index contributed by atoms with van der Waals surface area (Å²) in [6.45, 7) is 3.24. The van der Waals surface area contributed by atoms with E-state index < -0.39 is 23.9 Å². The van der Waals surface area contributed by atoms with Crippen LogP contribution in [0.4, 0.5) is 13.2 Å². The quantitative estimate of drug-likeness (QED) is 0.681. The molecule has 0 radical (unpaired) electrons. The van der Waals surface area contributed by atoms with Gasteiger partial charge in [-0.2, -0.15) is 17.9 Å². The number of hydrogen-bond donors (Lipinski definition) is 2. The fourth-order valence-corrected chi connectivity index (χ4v) is 2.67. The van der Waals surface area contributed by atoms with Gasteiger partial charge in [-0.3, -0.25) is 4.79 Å². The maximum Gasteiger partial charge on any atom is 0.453 e. The lowest BCUT2D eigenvalue weighted by atomic mass is 10.0. The number of aliphatic hydroxyl groups is 1. The predicted molar refractivity (Wildman–Crippen MR) is 98.3 cm³/mol. The highest BCUT2D eigenvalue weighted by atomic mass is 19.4. The standard InChI is InChI=1S/C19H18F3N5O2/c1-11-3-5-13(6-4-11)14-7-15(17(29)23-12(2)10-28)9-16(8-14)27-18(19(20,21)22)24-25-26-27/h3-9,12,28H,10H2,1-2H3,(H,23,29). The molecule has 1 aromatic heterocycles. The molecule has 0 spiro atoms. The molecule has 0 saturated heterocycles. The van der Waals surface area contributed by atoms with E-state index in [0.717, 1.165) is 5.56 Å². The molecule has 0 aliphatic rings. The minimum Gasteiger partial charge on any atom is -0.394 e. The Morgan fingerprint density at radius 1 is 1.17 bits per heavy atom. The van der Waals surface area contributed by atoms with E-state index in [9.17, 15) is 18.0 Å². The number of tetrazole rings is 1. The largest absolute Gasteiger partial charge is 0.453 e. The Labute approximate surface area is 164 Å². The average molecular weight is 405 g/mol. The fourth-order valence-electron chi connectivity index (χ4n) is 2.67. The van der Waals surface area contributed by atoms with Crippen LogP contribution in [-0.4, -0.2) is 43.9 Å². The molecule has 1 heterocycles. The molecule has 29 heavy (non-hydrogen) atoms. The lowest BCUT2D eigenvalue weighted by molar-refractivity contribution is -0.146. The van der Waals surface area contributed by atoms with Crippen molar-refractivity contribution >= 4 is 5.91 Å². The number of rotatable bonds is 5. The number of aromatic nitrogens is 4. The number of hydrogen-bond acceptors (Lipinski definition) is 5. The maximum atomic E-state index is 13.2. The molecular formula is C19H18F3N5O2. The van der Waals surface area contributed by atoms with Crippen LogP contribution in [0, 0.1) is 6.92 Å². The van der Waals surface area contributed by atoms with E-state index in [1.165, 1.54) is 12.1 Å². The molecule has 1 unspecified atom stereocenters. The van der Waals surface area contributed by atoms with Crippen molar-refractivity contribution < 1.29 is 23.1 Å². The maximum absolute atomic E-state index is 13.2. The molecule has 0 aliphatic heterocycles. The van der Waals surface area contributed by atoms with E-state index in [2.05, 4.69) is 20.8 Å². The fraction of sp³-hybridized carbons (Fsp3) is 0.263. The lowest BCUT2D eigenvalue weighted by Crippen LogP contribution is -2.35. The van der Waals surface area contributed by atoms with Gasteiger partial charge in [-0.1, -0.05) is 29.8 Å². The van der Waals surface area contributed by atoms with Gasteiger partial charge >= 0.3 is 6.18 Å².